The third kappa shape index (κ3) is 4.82. The fourth-order valence-electron chi connectivity index (χ4n) is 1.48. The molecule has 0 bridgehead atoms. The molecule has 0 radical (unpaired) electrons. The molecule has 0 amide bonds. The van der Waals surface area contributed by atoms with Crippen molar-refractivity contribution in [2.75, 3.05) is 13.7 Å². The molecule has 114 valence electrons. The first-order valence-electron chi connectivity index (χ1n) is 5.73. The fraction of sp³-hybridized carbons (Fsp3) is 0.455. The molecule has 0 heterocycles. The van der Waals surface area contributed by atoms with Crippen LogP contribution in [0.25, 0.3) is 0 Å². The summed E-state index contributed by atoms with van der Waals surface area (Å²) >= 11 is 0. The van der Waals surface area contributed by atoms with Gasteiger partial charge >= 0.3 is 10.2 Å². The molecule has 0 saturated carbocycles. The van der Waals surface area contributed by atoms with Crippen LogP contribution in [0.15, 0.2) is 34.1 Å². The van der Waals surface area contributed by atoms with Gasteiger partial charge in [-0.15, -0.1) is 3.89 Å². The second-order valence-electron chi connectivity index (χ2n) is 4.22. The van der Waals surface area contributed by atoms with E-state index < -0.39 is 31.2 Å². The summed E-state index contributed by atoms with van der Waals surface area (Å²) in [6.07, 6.45) is 0.455. The summed E-state index contributed by atoms with van der Waals surface area (Å²) < 4.78 is 65.6. The van der Waals surface area contributed by atoms with Gasteiger partial charge in [0.25, 0.3) is 0 Å². The number of benzene rings is 1. The smallest absolute Gasteiger partial charge is 0.332 e. The van der Waals surface area contributed by atoms with Crippen LogP contribution < -0.4 is 4.72 Å². The van der Waals surface area contributed by atoms with E-state index in [9.17, 15) is 20.7 Å². The van der Waals surface area contributed by atoms with E-state index in [1.54, 1.807) is 6.92 Å². The van der Waals surface area contributed by atoms with Crippen molar-refractivity contribution < 1.29 is 25.5 Å². The summed E-state index contributed by atoms with van der Waals surface area (Å²) in [6, 6.07) is 3.73. The Morgan fingerprint density at radius 1 is 1.25 bits per heavy atom. The number of hydrogen-bond acceptors (Lipinski definition) is 5. The first kappa shape index (κ1) is 17.0. The predicted molar refractivity (Wildman–Crippen MR) is 71.0 cm³/mol. The van der Waals surface area contributed by atoms with Crippen LogP contribution in [-0.4, -0.2) is 36.6 Å². The van der Waals surface area contributed by atoms with Crippen LogP contribution in [0.4, 0.5) is 3.89 Å². The number of hydrogen-bond donors (Lipinski definition) is 1. The molecule has 0 saturated heterocycles. The van der Waals surface area contributed by atoms with Crippen molar-refractivity contribution in [3.63, 3.8) is 0 Å². The lowest BCUT2D eigenvalue weighted by Crippen LogP contribution is -2.33. The maximum absolute atomic E-state index is 12.9. The van der Waals surface area contributed by atoms with E-state index in [-0.39, 0.29) is 4.90 Å². The maximum atomic E-state index is 12.9. The van der Waals surface area contributed by atoms with Crippen molar-refractivity contribution in [1.82, 2.24) is 4.72 Å². The average Bonchev–Trinajstić information content (AvgIpc) is 2.35. The van der Waals surface area contributed by atoms with Gasteiger partial charge in [-0.2, -0.15) is 8.42 Å². The predicted octanol–water partition coefficient (Wildman–Crippen LogP) is 1.05. The molecule has 0 aliphatic rings. The molecule has 1 aromatic rings. The maximum Gasteiger partial charge on any atom is 0.332 e. The lowest BCUT2D eigenvalue weighted by atomic mass is 10.3. The summed E-state index contributed by atoms with van der Waals surface area (Å²) in [5, 5.41) is 0. The molecule has 0 aliphatic heterocycles. The lowest BCUT2D eigenvalue weighted by Gasteiger charge is -2.13. The molecule has 1 atom stereocenters. The first-order valence-corrected chi connectivity index (χ1v) is 8.59. The van der Waals surface area contributed by atoms with Crippen LogP contribution >= 0.6 is 0 Å². The Labute approximate surface area is 118 Å². The molecular formula is C11H16FNO5S2. The molecule has 0 spiro atoms. The second-order valence-corrected chi connectivity index (χ2v) is 7.28. The van der Waals surface area contributed by atoms with Gasteiger partial charge < -0.3 is 4.74 Å². The van der Waals surface area contributed by atoms with Gasteiger partial charge in [0.15, 0.2) is 0 Å². The summed E-state index contributed by atoms with van der Waals surface area (Å²) in [7, 11) is -7.35. The molecule has 0 aromatic heterocycles. The third-order valence-corrected chi connectivity index (χ3v) is 4.91. The number of nitrogens with one attached hydrogen (secondary N) is 1. The minimum atomic E-state index is -4.94. The zero-order valence-electron chi connectivity index (χ0n) is 11.0. The quantitative estimate of drug-likeness (QED) is 0.757. The highest BCUT2D eigenvalue weighted by atomic mass is 32.3. The van der Waals surface area contributed by atoms with Crippen molar-refractivity contribution in [3.05, 3.63) is 24.3 Å². The lowest BCUT2D eigenvalue weighted by molar-refractivity contribution is 0.188. The van der Waals surface area contributed by atoms with Crippen molar-refractivity contribution in [2.24, 2.45) is 0 Å². The molecule has 9 heteroatoms. The summed E-state index contributed by atoms with van der Waals surface area (Å²) in [5.41, 5.74) is 0. The zero-order chi connectivity index (χ0) is 15.4. The fourth-order valence-corrected chi connectivity index (χ4v) is 3.39. The van der Waals surface area contributed by atoms with E-state index in [4.69, 9.17) is 4.74 Å². The van der Waals surface area contributed by atoms with E-state index in [1.165, 1.54) is 19.2 Å². The van der Waals surface area contributed by atoms with Crippen LogP contribution in [0.3, 0.4) is 0 Å². The largest absolute Gasteiger partial charge is 0.385 e. The Hall–Kier alpha value is -1.03. The standard InChI is InChI=1S/C11H16FNO5S2/c1-9(6-7-18-2)13-20(16,17)11-5-3-4-10(8-11)19(12,14)15/h3-5,8-9,13H,6-7H2,1-2H3. The van der Waals surface area contributed by atoms with Crippen LogP contribution in [0.1, 0.15) is 13.3 Å². The van der Waals surface area contributed by atoms with E-state index >= 15 is 0 Å². The van der Waals surface area contributed by atoms with Crippen LogP contribution in [0.5, 0.6) is 0 Å². The van der Waals surface area contributed by atoms with E-state index in [0.29, 0.717) is 13.0 Å². The minimum absolute atomic E-state index is 0.305. The number of sulfonamides is 1. The van der Waals surface area contributed by atoms with Gasteiger partial charge in [0.2, 0.25) is 10.0 Å². The molecular weight excluding hydrogens is 309 g/mol. The highest BCUT2D eigenvalue weighted by Gasteiger charge is 2.20. The van der Waals surface area contributed by atoms with E-state index in [1.807, 2.05) is 0 Å². The van der Waals surface area contributed by atoms with Crippen molar-refractivity contribution >= 4 is 20.2 Å². The van der Waals surface area contributed by atoms with Crippen LogP contribution in [0, 0.1) is 0 Å². The summed E-state index contributed by atoms with van der Waals surface area (Å²) in [4.78, 5) is -0.995. The molecule has 1 rings (SSSR count). The van der Waals surface area contributed by atoms with Gasteiger partial charge in [0, 0.05) is 19.8 Å². The second kappa shape index (κ2) is 6.61. The third-order valence-electron chi connectivity index (χ3n) is 2.51. The topological polar surface area (TPSA) is 89.5 Å². The first-order chi connectivity index (χ1) is 9.16. The van der Waals surface area contributed by atoms with Gasteiger partial charge in [0.05, 0.1) is 9.79 Å². The van der Waals surface area contributed by atoms with Crippen LogP contribution in [-0.2, 0) is 25.0 Å². The highest BCUT2D eigenvalue weighted by molar-refractivity contribution is 7.89. The van der Waals surface area contributed by atoms with Crippen molar-refractivity contribution in [3.8, 4) is 0 Å². The molecule has 1 N–H and O–H groups in total. The van der Waals surface area contributed by atoms with Crippen molar-refractivity contribution in [1.29, 1.82) is 0 Å². The Morgan fingerprint density at radius 2 is 1.85 bits per heavy atom. The van der Waals surface area contributed by atoms with E-state index in [2.05, 4.69) is 4.72 Å². The van der Waals surface area contributed by atoms with Gasteiger partial charge in [-0.3, -0.25) is 0 Å². The molecule has 20 heavy (non-hydrogen) atoms. The summed E-state index contributed by atoms with van der Waals surface area (Å²) in [5.74, 6) is 0. The molecule has 1 aromatic carbocycles. The highest BCUT2D eigenvalue weighted by Crippen LogP contribution is 2.17. The van der Waals surface area contributed by atoms with Gasteiger partial charge in [-0.25, -0.2) is 13.1 Å². The normalized spacial score (nSPS) is 14.2. The molecule has 0 fully saturated rings. The van der Waals surface area contributed by atoms with Gasteiger partial charge in [-0.1, -0.05) is 6.07 Å². The molecule has 1 unspecified atom stereocenters. The molecule has 6 nitrogen and oxygen atoms in total. The molecule has 0 aliphatic carbocycles. The number of halogens is 1. The zero-order valence-corrected chi connectivity index (χ0v) is 12.7. The number of rotatable bonds is 7. The monoisotopic (exact) mass is 325 g/mol. The minimum Gasteiger partial charge on any atom is -0.385 e. The summed E-state index contributed by atoms with van der Waals surface area (Å²) in [6.45, 7) is 2.02. The Balaban J connectivity index is 2.99. The average molecular weight is 325 g/mol. The Morgan fingerprint density at radius 3 is 2.40 bits per heavy atom. The van der Waals surface area contributed by atoms with E-state index in [0.717, 1.165) is 12.1 Å². The number of ether oxygens (including phenoxy) is 1. The van der Waals surface area contributed by atoms with Gasteiger partial charge in [0.1, 0.15) is 0 Å². The number of methoxy groups -OCH3 is 1. The van der Waals surface area contributed by atoms with Crippen molar-refractivity contribution in [2.45, 2.75) is 29.2 Å². The SMILES string of the molecule is COCCC(C)NS(=O)(=O)c1cccc(S(=O)(=O)F)c1. The Bertz CT molecular complexity index is 657. The van der Waals surface area contributed by atoms with Crippen LogP contribution in [0.2, 0.25) is 0 Å². The Kier molecular flexibility index (Phi) is 5.63. The van der Waals surface area contributed by atoms with Gasteiger partial charge in [-0.05, 0) is 31.5 Å².